The Hall–Kier alpha value is -3.08. The van der Waals surface area contributed by atoms with Gasteiger partial charge in [-0.15, -0.1) is 0 Å². The van der Waals surface area contributed by atoms with Crippen molar-refractivity contribution >= 4 is 17.3 Å². The number of methoxy groups -OCH3 is 1. The van der Waals surface area contributed by atoms with Crippen LogP contribution in [0.4, 0.5) is 0 Å². The van der Waals surface area contributed by atoms with E-state index in [1.807, 2.05) is 34.9 Å². The van der Waals surface area contributed by atoms with Crippen molar-refractivity contribution in [2.45, 2.75) is 26.2 Å². The molecule has 3 rings (SSSR count). The molecule has 2 heterocycles. The third-order valence-corrected chi connectivity index (χ3v) is 4.48. The van der Waals surface area contributed by atoms with Gasteiger partial charge in [-0.25, -0.2) is 0 Å². The number of aryl methyl sites for hydroxylation is 1. The molecule has 5 heteroatoms. The summed E-state index contributed by atoms with van der Waals surface area (Å²) in [5.74, 6) is 0.484. The summed E-state index contributed by atoms with van der Waals surface area (Å²) >= 11 is 0. The molecule has 0 saturated heterocycles. The maximum Gasteiger partial charge on any atom is 0.305 e. The van der Waals surface area contributed by atoms with Crippen LogP contribution >= 0.6 is 0 Å². The third kappa shape index (κ3) is 4.19. The van der Waals surface area contributed by atoms with E-state index in [-0.39, 0.29) is 11.8 Å². The maximum absolute atomic E-state index is 13.0. The molecule has 0 saturated carbocycles. The predicted octanol–water partition coefficient (Wildman–Crippen LogP) is 4.06. The molecule has 0 bridgehead atoms. The third-order valence-electron chi connectivity index (χ3n) is 4.48. The summed E-state index contributed by atoms with van der Waals surface area (Å²) in [5.41, 5.74) is 3.26. The second-order valence-corrected chi connectivity index (χ2v) is 6.23. The number of hydrogen-bond acceptors (Lipinski definition) is 4. The molecule has 3 aromatic rings. The topological polar surface area (TPSA) is 57.0 Å². The van der Waals surface area contributed by atoms with Crippen molar-refractivity contribution in [3.63, 3.8) is 0 Å². The Morgan fingerprint density at radius 1 is 1.07 bits per heavy atom. The summed E-state index contributed by atoms with van der Waals surface area (Å²) in [7, 11) is 1.60. The highest BCUT2D eigenvalue weighted by Gasteiger charge is 2.17. The Balaban J connectivity index is 1.85. The van der Waals surface area contributed by atoms with Gasteiger partial charge in [0.05, 0.1) is 19.4 Å². The van der Waals surface area contributed by atoms with Crippen LogP contribution in [0.25, 0.3) is 5.52 Å². The second kappa shape index (κ2) is 8.54. The van der Waals surface area contributed by atoms with Crippen LogP contribution in [0.1, 0.15) is 41.4 Å². The summed E-state index contributed by atoms with van der Waals surface area (Å²) in [6, 6.07) is 14.9. The molecule has 0 aliphatic rings. The number of ether oxygens (including phenoxy) is 2. The summed E-state index contributed by atoms with van der Waals surface area (Å²) in [6.45, 7) is 2.20. The standard InChI is InChI=1S/C22H23NO4/c1-3-27-21(24)9-6-7-17-15-20(23-14-5-4-8-19(17)23)22(25)16-10-12-18(26-2)13-11-16/h4-5,8,10-15H,3,6-7,9H2,1-2H3. The molecular weight excluding hydrogens is 342 g/mol. The number of ketones is 1. The molecule has 27 heavy (non-hydrogen) atoms. The van der Waals surface area contributed by atoms with E-state index in [2.05, 4.69) is 0 Å². The number of carbonyl (C=O) groups is 2. The lowest BCUT2D eigenvalue weighted by Gasteiger charge is -2.04. The van der Waals surface area contributed by atoms with Crippen LogP contribution in [0, 0.1) is 0 Å². The molecule has 140 valence electrons. The average molecular weight is 365 g/mol. The number of aromatic nitrogens is 1. The van der Waals surface area contributed by atoms with Gasteiger partial charge in [0.25, 0.3) is 0 Å². The van der Waals surface area contributed by atoms with E-state index in [0.717, 1.165) is 11.1 Å². The monoisotopic (exact) mass is 365 g/mol. The normalized spacial score (nSPS) is 10.7. The Labute approximate surface area is 158 Å². The van der Waals surface area contributed by atoms with Gasteiger partial charge in [0.1, 0.15) is 5.75 Å². The van der Waals surface area contributed by atoms with Crippen LogP contribution in [-0.2, 0) is 16.0 Å². The van der Waals surface area contributed by atoms with E-state index in [1.165, 1.54) is 0 Å². The quantitative estimate of drug-likeness (QED) is 0.446. The lowest BCUT2D eigenvalue weighted by molar-refractivity contribution is -0.143. The fraction of sp³-hybridized carbons (Fsp3) is 0.273. The first kappa shape index (κ1) is 18.7. The van der Waals surface area contributed by atoms with Crippen LogP contribution in [0.15, 0.2) is 54.7 Å². The Morgan fingerprint density at radius 2 is 1.85 bits per heavy atom. The second-order valence-electron chi connectivity index (χ2n) is 6.23. The number of rotatable bonds is 8. The molecule has 0 aliphatic heterocycles. The van der Waals surface area contributed by atoms with Crippen molar-refractivity contribution in [2.75, 3.05) is 13.7 Å². The number of hydrogen-bond donors (Lipinski definition) is 0. The molecule has 0 radical (unpaired) electrons. The smallest absolute Gasteiger partial charge is 0.305 e. The van der Waals surface area contributed by atoms with Gasteiger partial charge in [0.2, 0.25) is 5.78 Å². The first-order valence-electron chi connectivity index (χ1n) is 9.07. The van der Waals surface area contributed by atoms with Crippen LogP contribution in [-0.4, -0.2) is 29.9 Å². The molecular formula is C22H23NO4. The molecule has 0 atom stereocenters. The molecule has 5 nitrogen and oxygen atoms in total. The summed E-state index contributed by atoms with van der Waals surface area (Å²) in [4.78, 5) is 24.6. The van der Waals surface area contributed by atoms with Gasteiger partial charge in [0.15, 0.2) is 0 Å². The SMILES string of the molecule is CCOC(=O)CCCc1cc(C(=O)c2ccc(OC)cc2)n2ccccc12. The molecule has 2 aromatic heterocycles. The van der Waals surface area contributed by atoms with Crippen molar-refractivity contribution in [3.05, 3.63) is 71.5 Å². The highest BCUT2D eigenvalue weighted by molar-refractivity contribution is 6.09. The van der Waals surface area contributed by atoms with E-state index in [4.69, 9.17) is 9.47 Å². The van der Waals surface area contributed by atoms with E-state index in [0.29, 0.717) is 42.9 Å². The lowest BCUT2D eigenvalue weighted by Crippen LogP contribution is -2.04. The fourth-order valence-corrected chi connectivity index (χ4v) is 3.15. The number of nitrogens with zero attached hydrogens (tertiary/aromatic N) is 1. The number of carbonyl (C=O) groups excluding carboxylic acids is 2. The van der Waals surface area contributed by atoms with Crippen LogP contribution in [0.5, 0.6) is 5.75 Å². The van der Waals surface area contributed by atoms with Crippen molar-refractivity contribution in [2.24, 2.45) is 0 Å². The Morgan fingerprint density at radius 3 is 2.56 bits per heavy atom. The first-order valence-corrected chi connectivity index (χ1v) is 9.07. The van der Waals surface area contributed by atoms with Gasteiger partial charge in [-0.1, -0.05) is 6.07 Å². The molecule has 0 amide bonds. The van der Waals surface area contributed by atoms with Gasteiger partial charge < -0.3 is 13.9 Å². The van der Waals surface area contributed by atoms with Crippen LogP contribution in [0.3, 0.4) is 0 Å². The van der Waals surface area contributed by atoms with E-state index in [1.54, 1.807) is 38.3 Å². The summed E-state index contributed by atoms with van der Waals surface area (Å²) in [5, 5.41) is 0. The van der Waals surface area contributed by atoms with Crippen molar-refractivity contribution in [1.29, 1.82) is 0 Å². The Kier molecular flexibility index (Phi) is 5.91. The minimum Gasteiger partial charge on any atom is -0.497 e. The average Bonchev–Trinajstić information content (AvgIpc) is 3.06. The highest BCUT2D eigenvalue weighted by Crippen LogP contribution is 2.22. The molecule has 0 N–H and O–H groups in total. The maximum atomic E-state index is 13.0. The lowest BCUT2D eigenvalue weighted by atomic mass is 10.1. The van der Waals surface area contributed by atoms with E-state index < -0.39 is 0 Å². The minimum absolute atomic E-state index is 0.0458. The largest absolute Gasteiger partial charge is 0.497 e. The highest BCUT2D eigenvalue weighted by atomic mass is 16.5. The number of esters is 1. The predicted molar refractivity (Wildman–Crippen MR) is 103 cm³/mol. The zero-order valence-electron chi connectivity index (χ0n) is 15.6. The Bertz CT molecular complexity index is 941. The summed E-state index contributed by atoms with van der Waals surface area (Å²) < 4.78 is 12.0. The van der Waals surface area contributed by atoms with Crippen molar-refractivity contribution < 1.29 is 19.1 Å². The zero-order valence-corrected chi connectivity index (χ0v) is 15.6. The minimum atomic E-state index is -0.185. The number of pyridine rings is 1. The first-order chi connectivity index (χ1) is 13.1. The molecule has 0 unspecified atom stereocenters. The van der Waals surface area contributed by atoms with Gasteiger partial charge in [-0.05, 0) is 67.8 Å². The molecule has 0 aliphatic carbocycles. The molecule has 0 spiro atoms. The van der Waals surface area contributed by atoms with Gasteiger partial charge in [0, 0.05) is 23.7 Å². The van der Waals surface area contributed by atoms with Gasteiger partial charge >= 0.3 is 5.97 Å². The number of fused-ring (bicyclic) bond motifs is 1. The van der Waals surface area contributed by atoms with Crippen LogP contribution in [0.2, 0.25) is 0 Å². The molecule has 0 fully saturated rings. The fourth-order valence-electron chi connectivity index (χ4n) is 3.15. The summed E-state index contributed by atoms with van der Waals surface area (Å²) in [6.07, 6.45) is 3.66. The van der Waals surface area contributed by atoms with Crippen LogP contribution < -0.4 is 4.74 Å². The van der Waals surface area contributed by atoms with E-state index in [9.17, 15) is 9.59 Å². The van der Waals surface area contributed by atoms with E-state index >= 15 is 0 Å². The van der Waals surface area contributed by atoms with Gasteiger partial charge in [-0.2, -0.15) is 0 Å². The van der Waals surface area contributed by atoms with Gasteiger partial charge in [-0.3, -0.25) is 9.59 Å². The van der Waals surface area contributed by atoms with Crippen molar-refractivity contribution in [1.82, 2.24) is 4.40 Å². The molecule has 1 aromatic carbocycles. The number of benzene rings is 1. The zero-order chi connectivity index (χ0) is 19.2. The van der Waals surface area contributed by atoms with Crippen molar-refractivity contribution in [3.8, 4) is 5.75 Å².